The second-order valence-electron chi connectivity index (χ2n) is 4.94. The van der Waals surface area contributed by atoms with Gasteiger partial charge in [-0.3, -0.25) is 4.99 Å². The molecule has 1 aliphatic heterocycles. The zero-order valence-electron chi connectivity index (χ0n) is 13.0. The summed E-state index contributed by atoms with van der Waals surface area (Å²) in [7, 11) is 1.71. The first-order valence-electron chi connectivity index (χ1n) is 7.60. The molecule has 6 heteroatoms. The fourth-order valence-electron chi connectivity index (χ4n) is 2.26. The number of methoxy groups -OCH3 is 1. The molecule has 0 atom stereocenters. The number of aliphatic imine (C=N–C) groups is 1. The highest BCUT2D eigenvalue weighted by Crippen LogP contribution is 2.08. The highest BCUT2D eigenvalue weighted by atomic mass is 127. The Balaban J connectivity index is 0.00000361. The molecule has 0 amide bonds. The Morgan fingerprint density at radius 1 is 1.20 bits per heavy atom. The number of guanidine groups is 1. The maximum absolute atomic E-state index is 5.02. The van der Waals surface area contributed by atoms with E-state index in [2.05, 4.69) is 27.4 Å². The number of hydrogen-bond acceptors (Lipinski definition) is 3. The van der Waals surface area contributed by atoms with E-state index in [0.29, 0.717) is 6.61 Å². The van der Waals surface area contributed by atoms with Crippen molar-refractivity contribution >= 4 is 29.9 Å². The number of ether oxygens (including phenoxy) is 1. The molecule has 20 heavy (non-hydrogen) atoms. The van der Waals surface area contributed by atoms with Crippen molar-refractivity contribution in [3.05, 3.63) is 0 Å². The average molecular weight is 398 g/mol. The van der Waals surface area contributed by atoms with E-state index in [9.17, 15) is 0 Å². The summed E-state index contributed by atoms with van der Waals surface area (Å²) in [6.45, 7) is 9.22. The summed E-state index contributed by atoms with van der Waals surface area (Å²) in [4.78, 5) is 7.13. The topological polar surface area (TPSA) is 48.9 Å². The monoisotopic (exact) mass is 398 g/mol. The molecule has 0 spiro atoms. The van der Waals surface area contributed by atoms with Crippen LogP contribution < -0.4 is 10.6 Å². The van der Waals surface area contributed by atoms with Gasteiger partial charge in [-0.25, -0.2) is 0 Å². The van der Waals surface area contributed by atoms with Crippen LogP contribution in [0.3, 0.4) is 0 Å². The third-order valence-corrected chi connectivity index (χ3v) is 3.29. The lowest BCUT2D eigenvalue weighted by molar-refractivity contribution is 0.203. The van der Waals surface area contributed by atoms with Gasteiger partial charge in [-0.2, -0.15) is 0 Å². The van der Waals surface area contributed by atoms with Gasteiger partial charge in [0, 0.05) is 26.7 Å². The molecule has 1 saturated heterocycles. The van der Waals surface area contributed by atoms with Crippen molar-refractivity contribution in [1.82, 2.24) is 15.5 Å². The van der Waals surface area contributed by atoms with Gasteiger partial charge in [0.15, 0.2) is 5.96 Å². The largest absolute Gasteiger partial charge is 0.383 e. The Bertz CT molecular complexity index is 245. The van der Waals surface area contributed by atoms with Crippen molar-refractivity contribution in [3.63, 3.8) is 0 Å². The number of halogens is 1. The van der Waals surface area contributed by atoms with Crippen molar-refractivity contribution in [2.45, 2.75) is 32.6 Å². The summed E-state index contributed by atoms with van der Waals surface area (Å²) in [5.41, 5.74) is 0. The lowest BCUT2D eigenvalue weighted by Gasteiger charge is -2.14. The zero-order valence-corrected chi connectivity index (χ0v) is 15.3. The molecule has 0 aliphatic carbocycles. The third kappa shape index (κ3) is 9.77. The molecule has 0 bridgehead atoms. The van der Waals surface area contributed by atoms with Crippen molar-refractivity contribution in [3.8, 4) is 0 Å². The lowest BCUT2D eigenvalue weighted by atomic mass is 10.3. The number of nitrogens with one attached hydrogen (secondary N) is 2. The highest BCUT2D eigenvalue weighted by molar-refractivity contribution is 14.0. The fraction of sp³-hybridized carbons (Fsp3) is 0.929. The number of hydrogen-bond donors (Lipinski definition) is 2. The summed E-state index contributed by atoms with van der Waals surface area (Å²) >= 11 is 0. The molecule has 0 aromatic carbocycles. The van der Waals surface area contributed by atoms with Crippen LogP contribution in [0.15, 0.2) is 4.99 Å². The number of likely N-dealkylation sites (tertiary alicyclic amines) is 1. The van der Waals surface area contributed by atoms with Gasteiger partial charge in [0.05, 0.1) is 6.61 Å². The third-order valence-electron chi connectivity index (χ3n) is 3.29. The summed E-state index contributed by atoms with van der Waals surface area (Å²) in [5, 5.41) is 6.50. The van der Waals surface area contributed by atoms with Crippen LogP contribution in [0.5, 0.6) is 0 Å². The van der Waals surface area contributed by atoms with Gasteiger partial charge in [-0.1, -0.05) is 0 Å². The number of unbranched alkanes of at least 4 members (excludes halogenated alkanes) is 1. The quantitative estimate of drug-likeness (QED) is 0.269. The molecular weight excluding hydrogens is 367 g/mol. The first-order valence-corrected chi connectivity index (χ1v) is 7.60. The molecule has 1 rings (SSSR count). The standard InChI is InChI=1S/C14H30N4O.HI/c1-3-15-14(17-9-13-19-2)16-8-4-5-10-18-11-6-7-12-18;/h3-13H2,1-2H3,(H2,15,16,17);1H. The minimum atomic E-state index is 0. The minimum absolute atomic E-state index is 0. The molecule has 0 radical (unpaired) electrons. The summed E-state index contributed by atoms with van der Waals surface area (Å²) in [5.74, 6) is 0.903. The Hall–Kier alpha value is -0.0800. The molecule has 1 heterocycles. The van der Waals surface area contributed by atoms with E-state index in [-0.39, 0.29) is 24.0 Å². The molecule has 1 fully saturated rings. The minimum Gasteiger partial charge on any atom is -0.383 e. The molecule has 5 nitrogen and oxygen atoms in total. The van der Waals surface area contributed by atoms with Crippen LogP contribution in [-0.4, -0.2) is 63.8 Å². The van der Waals surface area contributed by atoms with E-state index in [4.69, 9.17) is 4.74 Å². The average Bonchev–Trinajstić information content (AvgIpc) is 2.91. The number of rotatable bonds is 9. The summed E-state index contributed by atoms with van der Waals surface area (Å²) in [6, 6.07) is 0. The second-order valence-corrected chi connectivity index (χ2v) is 4.94. The van der Waals surface area contributed by atoms with Gasteiger partial charge in [0.25, 0.3) is 0 Å². The number of nitrogens with zero attached hydrogens (tertiary/aromatic N) is 2. The van der Waals surface area contributed by atoms with E-state index in [1.165, 1.54) is 38.9 Å². The van der Waals surface area contributed by atoms with Gasteiger partial charge in [-0.05, 0) is 52.2 Å². The highest BCUT2D eigenvalue weighted by Gasteiger charge is 2.09. The van der Waals surface area contributed by atoms with Crippen LogP contribution in [0, 0.1) is 0 Å². The van der Waals surface area contributed by atoms with Crippen molar-refractivity contribution in [1.29, 1.82) is 0 Å². The van der Waals surface area contributed by atoms with Gasteiger partial charge in [0.1, 0.15) is 0 Å². The second kappa shape index (κ2) is 13.9. The maximum atomic E-state index is 5.02. The van der Waals surface area contributed by atoms with E-state index >= 15 is 0 Å². The molecule has 0 saturated carbocycles. The zero-order chi connectivity index (χ0) is 13.8. The first kappa shape index (κ1) is 19.9. The van der Waals surface area contributed by atoms with E-state index in [0.717, 1.165) is 32.0 Å². The van der Waals surface area contributed by atoms with Gasteiger partial charge >= 0.3 is 0 Å². The van der Waals surface area contributed by atoms with Crippen molar-refractivity contribution in [2.75, 3.05) is 53.0 Å². The fourth-order valence-corrected chi connectivity index (χ4v) is 2.26. The van der Waals surface area contributed by atoms with Crippen LogP contribution in [0.4, 0.5) is 0 Å². The Labute approximate surface area is 140 Å². The molecular formula is C14H31IN4O. The van der Waals surface area contributed by atoms with Crippen LogP contribution in [0.25, 0.3) is 0 Å². The SMILES string of the molecule is CCNC(=NCCCCN1CCCC1)NCCOC.I. The predicted molar refractivity (Wildman–Crippen MR) is 96.2 cm³/mol. The van der Waals surface area contributed by atoms with E-state index < -0.39 is 0 Å². The Kier molecular flexibility index (Phi) is 13.8. The Morgan fingerprint density at radius 2 is 1.95 bits per heavy atom. The normalized spacial score (nSPS) is 16.0. The molecule has 0 aromatic heterocycles. The van der Waals surface area contributed by atoms with E-state index in [1.54, 1.807) is 7.11 Å². The first-order chi connectivity index (χ1) is 9.36. The van der Waals surface area contributed by atoms with Crippen LogP contribution in [0.2, 0.25) is 0 Å². The van der Waals surface area contributed by atoms with Crippen molar-refractivity contribution in [2.24, 2.45) is 4.99 Å². The summed E-state index contributed by atoms with van der Waals surface area (Å²) in [6.07, 6.45) is 5.18. The van der Waals surface area contributed by atoms with Crippen LogP contribution >= 0.6 is 24.0 Å². The molecule has 0 aromatic rings. The molecule has 2 N–H and O–H groups in total. The lowest BCUT2D eigenvalue weighted by Crippen LogP contribution is -2.39. The Morgan fingerprint density at radius 3 is 2.60 bits per heavy atom. The molecule has 120 valence electrons. The van der Waals surface area contributed by atoms with Gasteiger partial charge in [0.2, 0.25) is 0 Å². The van der Waals surface area contributed by atoms with Gasteiger partial charge in [-0.15, -0.1) is 24.0 Å². The van der Waals surface area contributed by atoms with Crippen molar-refractivity contribution < 1.29 is 4.74 Å². The smallest absolute Gasteiger partial charge is 0.191 e. The van der Waals surface area contributed by atoms with Crippen LogP contribution in [-0.2, 0) is 4.74 Å². The van der Waals surface area contributed by atoms with E-state index in [1.807, 2.05) is 0 Å². The summed E-state index contributed by atoms with van der Waals surface area (Å²) < 4.78 is 5.02. The predicted octanol–water partition coefficient (Wildman–Crippen LogP) is 1.68. The van der Waals surface area contributed by atoms with Gasteiger partial charge < -0.3 is 20.3 Å². The molecule has 1 aliphatic rings. The van der Waals surface area contributed by atoms with Crippen LogP contribution in [0.1, 0.15) is 32.6 Å². The molecule has 0 unspecified atom stereocenters. The maximum Gasteiger partial charge on any atom is 0.191 e.